The summed E-state index contributed by atoms with van der Waals surface area (Å²) in [6.45, 7) is 8.50. The molecule has 0 N–H and O–H groups in total. The molecule has 0 aromatic heterocycles. The monoisotopic (exact) mass is 328 g/mol. The van der Waals surface area contributed by atoms with Crippen LogP contribution in [0.15, 0.2) is 66.7 Å². The van der Waals surface area contributed by atoms with E-state index in [1.165, 1.54) is 33.4 Å². The van der Waals surface area contributed by atoms with Crippen LogP contribution < -0.4 is 4.74 Å². The minimum absolute atomic E-state index is 0.172. The summed E-state index contributed by atoms with van der Waals surface area (Å²) >= 11 is 0. The highest BCUT2D eigenvalue weighted by molar-refractivity contribution is 5.82. The maximum absolute atomic E-state index is 5.93. The molecule has 0 saturated carbocycles. The van der Waals surface area contributed by atoms with Crippen molar-refractivity contribution in [2.75, 3.05) is 0 Å². The number of hydrogen-bond donors (Lipinski definition) is 0. The molecule has 0 radical (unpaired) electrons. The summed E-state index contributed by atoms with van der Waals surface area (Å²) in [6, 6.07) is 24.0. The molecule has 3 aromatic rings. The van der Waals surface area contributed by atoms with Gasteiger partial charge >= 0.3 is 0 Å². The van der Waals surface area contributed by atoms with Crippen LogP contribution in [-0.2, 0) is 0 Å². The van der Waals surface area contributed by atoms with Crippen molar-refractivity contribution in [1.82, 2.24) is 0 Å². The average molecular weight is 328 g/mol. The number of hydrogen-bond acceptors (Lipinski definition) is 1. The molecule has 3 aromatic carbocycles. The summed E-state index contributed by atoms with van der Waals surface area (Å²) in [7, 11) is 0. The molecule has 25 heavy (non-hydrogen) atoms. The molecule has 0 aliphatic heterocycles. The van der Waals surface area contributed by atoms with Gasteiger partial charge in [0.15, 0.2) is 0 Å². The largest absolute Gasteiger partial charge is 0.488 e. The van der Waals surface area contributed by atoms with E-state index in [-0.39, 0.29) is 5.60 Å². The van der Waals surface area contributed by atoms with Crippen molar-refractivity contribution < 1.29 is 4.74 Å². The number of rotatable bonds is 2. The van der Waals surface area contributed by atoms with Crippen molar-refractivity contribution in [3.63, 3.8) is 0 Å². The van der Waals surface area contributed by atoms with Gasteiger partial charge < -0.3 is 4.74 Å². The van der Waals surface area contributed by atoms with Crippen LogP contribution in [0.2, 0.25) is 0 Å². The maximum Gasteiger partial charge on any atom is 0.120 e. The van der Waals surface area contributed by atoms with Gasteiger partial charge in [-0.15, -0.1) is 0 Å². The molecule has 4 rings (SSSR count). The Morgan fingerprint density at radius 1 is 0.720 bits per heavy atom. The summed E-state index contributed by atoms with van der Waals surface area (Å²) in [5, 5.41) is 0. The number of benzene rings is 3. The molecule has 126 valence electrons. The first-order valence-electron chi connectivity index (χ1n) is 8.95. The Bertz CT molecular complexity index is 914. The van der Waals surface area contributed by atoms with Gasteiger partial charge in [-0.3, -0.25) is 0 Å². The molecule has 1 nitrogen and oxygen atoms in total. The standard InChI is InChI=1S/C24H24O/c1-16-20-7-5-6-8-22(20)23-15-18(11-14-21(16)23)17-9-12-19(13-10-17)25-24(2,3)4/h5-16H,1-4H3. The second-order valence-corrected chi connectivity index (χ2v) is 7.85. The van der Waals surface area contributed by atoms with Crippen LogP contribution in [0.4, 0.5) is 0 Å². The lowest BCUT2D eigenvalue weighted by atomic mass is 9.96. The Kier molecular flexibility index (Phi) is 3.68. The lowest BCUT2D eigenvalue weighted by Crippen LogP contribution is -2.22. The lowest BCUT2D eigenvalue weighted by molar-refractivity contribution is 0.131. The maximum atomic E-state index is 5.93. The van der Waals surface area contributed by atoms with Crippen LogP contribution in [0.1, 0.15) is 44.7 Å². The third-order valence-corrected chi connectivity index (χ3v) is 4.85. The van der Waals surface area contributed by atoms with Crippen LogP contribution >= 0.6 is 0 Å². The minimum Gasteiger partial charge on any atom is -0.488 e. The Morgan fingerprint density at radius 2 is 1.36 bits per heavy atom. The molecule has 0 heterocycles. The molecule has 1 aliphatic carbocycles. The lowest BCUT2D eigenvalue weighted by Gasteiger charge is -2.21. The van der Waals surface area contributed by atoms with E-state index in [1.54, 1.807) is 0 Å². The molecule has 1 heteroatoms. The van der Waals surface area contributed by atoms with Crippen LogP contribution in [-0.4, -0.2) is 5.60 Å². The molecule has 0 amide bonds. The molecule has 1 unspecified atom stereocenters. The van der Waals surface area contributed by atoms with Gasteiger partial charge in [0.1, 0.15) is 11.4 Å². The van der Waals surface area contributed by atoms with Gasteiger partial charge in [-0.1, -0.05) is 55.5 Å². The topological polar surface area (TPSA) is 9.23 Å². The highest BCUT2D eigenvalue weighted by Crippen LogP contribution is 2.45. The summed E-state index contributed by atoms with van der Waals surface area (Å²) in [5.74, 6) is 1.39. The van der Waals surface area contributed by atoms with Crippen LogP contribution in [0, 0.1) is 0 Å². The average Bonchev–Trinajstić information content (AvgIpc) is 2.87. The van der Waals surface area contributed by atoms with Crippen LogP contribution in [0.5, 0.6) is 5.75 Å². The zero-order valence-corrected chi connectivity index (χ0v) is 15.3. The van der Waals surface area contributed by atoms with Gasteiger partial charge in [-0.25, -0.2) is 0 Å². The Labute approximate surface area is 150 Å². The van der Waals surface area contributed by atoms with Crippen molar-refractivity contribution in [2.24, 2.45) is 0 Å². The van der Waals surface area contributed by atoms with E-state index in [0.29, 0.717) is 5.92 Å². The molecule has 0 bridgehead atoms. The molecule has 0 fully saturated rings. The van der Waals surface area contributed by atoms with E-state index in [9.17, 15) is 0 Å². The Balaban J connectivity index is 1.70. The fourth-order valence-corrected chi connectivity index (χ4v) is 3.70. The van der Waals surface area contributed by atoms with Crippen molar-refractivity contribution in [1.29, 1.82) is 0 Å². The second-order valence-electron chi connectivity index (χ2n) is 7.85. The third kappa shape index (κ3) is 2.95. The first kappa shape index (κ1) is 16.0. The molecular weight excluding hydrogens is 304 g/mol. The van der Waals surface area contributed by atoms with Crippen molar-refractivity contribution >= 4 is 0 Å². The van der Waals surface area contributed by atoms with Gasteiger partial charge in [0, 0.05) is 5.92 Å². The number of fused-ring (bicyclic) bond motifs is 3. The quantitative estimate of drug-likeness (QED) is 0.511. The van der Waals surface area contributed by atoms with Crippen molar-refractivity contribution in [3.05, 3.63) is 77.9 Å². The Hall–Kier alpha value is -2.54. The van der Waals surface area contributed by atoms with E-state index < -0.39 is 0 Å². The van der Waals surface area contributed by atoms with E-state index in [0.717, 1.165) is 5.75 Å². The van der Waals surface area contributed by atoms with Gasteiger partial charge in [-0.05, 0) is 72.4 Å². The second kappa shape index (κ2) is 5.77. The predicted octanol–water partition coefficient (Wildman–Crippen LogP) is 6.66. The number of ether oxygens (including phenoxy) is 1. The highest BCUT2D eigenvalue weighted by atomic mass is 16.5. The summed E-state index contributed by atoms with van der Waals surface area (Å²) in [5.41, 5.74) is 7.91. The van der Waals surface area contributed by atoms with E-state index in [1.807, 2.05) is 0 Å². The molecule has 1 aliphatic rings. The summed E-state index contributed by atoms with van der Waals surface area (Å²) < 4.78 is 5.93. The van der Waals surface area contributed by atoms with Gasteiger partial charge in [0.25, 0.3) is 0 Å². The van der Waals surface area contributed by atoms with E-state index >= 15 is 0 Å². The summed E-state index contributed by atoms with van der Waals surface area (Å²) in [6.07, 6.45) is 0. The SMILES string of the molecule is CC1c2ccccc2-c2cc(-c3ccc(OC(C)(C)C)cc3)ccc21. The van der Waals surface area contributed by atoms with E-state index in [4.69, 9.17) is 4.74 Å². The van der Waals surface area contributed by atoms with Gasteiger partial charge in [-0.2, -0.15) is 0 Å². The first-order chi connectivity index (χ1) is 11.9. The first-order valence-corrected chi connectivity index (χ1v) is 8.95. The summed E-state index contributed by atoms with van der Waals surface area (Å²) in [4.78, 5) is 0. The normalized spacial score (nSPS) is 15.6. The highest BCUT2D eigenvalue weighted by Gasteiger charge is 2.25. The van der Waals surface area contributed by atoms with Crippen LogP contribution in [0.25, 0.3) is 22.3 Å². The van der Waals surface area contributed by atoms with Crippen LogP contribution in [0.3, 0.4) is 0 Å². The van der Waals surface area contributed by atoms with Gasteiger partial charge in [0.2, 0.25) is 0 Å². The van der Waals surface area contributed by atoms with Crippen molar-refractivity contribution in [3.8, 4) is 28.0 Å². The predicted molar refractivity (Wildman–Crippen MR) is 105 cm³/mol. The minimum atomic E-state index is -0.172. The zero-order chi connectivity index (χ0) is 17.6. The fourth-order valence-electron chi connectivity index (χ4n) is 3.70. The fraction of sp³-hybridized carbons (Fsp3) is 0.250. The molecule has 0 spiro atoms. The smallest absolute Gasteiger partial charge is 0.120 e. The third-order valence-electron chi connectivity index (χ3n) is 4.85. The molecular formula is C24H24O. The van der Waals surface area contributed by atoms with Gasteiger partial charge in [0.05, 0.1) is 0 Å². The molecule has 0 saturated heterocycles. The van der Waals surface area contributed by atoms with E-state index in [2.05, 4.69) is 94.4 Å². The Morgan fingerprint density at radius 3 is 2.08 bits per heavy atom. The zero-order valence-electron chi connectivity index (χ0n) is 15.3. The van der Waals surface area contributed by atoms with Crippen molar-refractivity contribution in [2.45, 2.75) is 39.2 Å². The molecule has 1 atom stereocenters.